The number of aromatic nitrogens is 1. The van der Waals surface area contributed by atoms with E-state index in [1.165, 1.54) is 0 Å². The molecule has 0 aliphatic carbocycles. The van der Waals surface area contributed by atoms with Gasteiger partial charge in [-0.1, -0.05) is 58.7 Å². The van der Waals surface area contributed by atoms with E-state index < -0.39 is 84.4 Å². The number of hydrogen-bond acceptors (Lipinski definition) is 11. The molecule has 2 fully saturated rings. The summed E-state index contributed by atoms with van der Waals surface area (Å²) in [6.07, 6.45) is 6.30. The smallest absolute Gasteiger partial charge is 0.315 e. The van der Waals surface area contributed by atoms with E-state index in [1.54, 1.807) is 18.6 Å². The van der Waals surface area contributed by atoms with Gasteiger partial charge in [0.05, 0.1) is 25.2 Å². The van der Waals surface area contributed by atoms with Gasteiger partial charge < -0.3 is 53.3 Å². The Balaban J connectivity index is 1.21. The zero-order valence-corrected chi connectivity index (χ0v) is 39.6. The first-order valence-corrected chi connectivity index (χ1v) is 24.2. The number of benzene rings is 1. The van der Waals surface area contributed by atoms with E-state index in [2.05, 4.69) is 47.5 Å². The molecule has 4 rings (SSSR count). The molecule has 67 heavy (non-hydrogen) atoms. The number of rotatable bonds is 29. The molecule has 0 saturated carbocycles. The molecule has 370 valence electrons. The number of urea groups is 1. The highest BCUT2D eigenvalue weighted by molar-refractivity contribution is 8.00. The molecule has 1 unspecified atom stereocenters. The number of thioether (sulfide) groups is 1. The third-order valence-electron chi connectivity index (χ3n) is 12.1. The third-order valence-corrected chi connectivity index (χ3v) is 13.6. The minimum absolute atomic E-state index is 0.00374. The Morgan fingerprint density at radius 1 is 0.821 bits per heavy atom. The zero-order chi connectivity index (χ0) is 49.0. The number of carbonyl (C=O) groups excluding carboxylic acids is 9. The minimum atomic E-state index is -1.19. The van der Waals surface area contributed by atoms with Crippen LogP contribution in [0.1, 0.15) is 97.5 Å². The first-order valence-electron chi connectivity index (χ1n) is 23.2. The van der Waals surface area contributed by atoms with E-state index in [0.29, 0.717) is 49.5 Å². The highest BCUT2D eigenvalue weighted by Crippen LogP contribution is 2.33. The molecule has 2 aliphatic rings. The van der Waals surface area contributed by atoms with Crippen molar-refractivity contribution in [3.05, 3.63) is 36.0 Å². The summed E-state index contributed by atoms with van der Waals surface area (Å²) in [6.45, 7) is 6.63. The van der Waals surface area contributed by atoms with Crippen LogP contribution in [0.4, 0.5) is 4.79 Å². The van der Waals surface area contributed by atoms with Crippen molar-refractivity contribution >= 4 is 76.0 Å². The quantitative estimate of drug-likeness (QED) is 0.0231. The predicted octanol–water partition coefficient (Wildman–Crippen LogP) is 0.499. The minimum Gasteiger partial charge on any atom is -0.368 e. The van der Waals surface area contributed by atoms with Gasteiger partial charge in [-0.2, -0.15) is 11.8 Å². The number of nitrogens with two attached hydrogens (primary N) is 1. The second-order valence-corrected chi connectivity index (χ2v) is 19.1. The first-order chi connectivity index (χ1) is 32.0. The molecule has 8 atom stereocenters. The normalized spacial score (nSPS) is 18.5. The van der Waals surface area contributed by atoms with Crippen molar-refractivity contribution in [3.8, 4) is 0 Å². The summed E-state index contributed by atoms with van der Waals surface area (Å²) in [5.41, 5.74) is 8.61. The van der Waals surface area contributed by atoms with E-state index in [9.17, 15) is 43.2 Å². The molecule has 2 saturated heterocycles. The van der Waals surface area contributed by atoms with Crippen molar-refractivity contribution in [3.63, 3.8) is 0 Å². The number of primary amides is 1. The topological polar surface area (TPSA) is 324 Å². The zero-order valence-electron chi connectivity index (χ0n) is 38.8. The fourth-order valence-electron chi connectivity index (χ4n) is 8.21. The summed E-state index contributed by atoms with van der Waals surface area (Å²) in [5.74, 6) is -5.34. The van der Waals surface area contributed by atoms with Gasteiger partial charge in [0.15, 0.2) is 0 Å². The Morgan fingerprint density at radius 2 is 1.57 bits per heavy atom. The van der Waals surface area contributed by atoms with Crippen LogP contribution in [-0.4, -0.2) is 124 Å². The molecule has 0 bridgehead atoms. The molecule has 22 heteroatoms. The monoisotopic (exact) mass is 955 g/mol. The molecule has 1 aromatic carbocycles. The maximum absolute atomic E-state index is 14.1. The number of nitrogens with one attached hydrogen (secondary N) is 10. The molecule has 0 spiro atoms. The highest BCUT2D eigenvalue weighted by Gasteiger charge is 2.42. The van der Waals surface area contributed by atoms with Crippen LogP contribution in [0.2, 0.25) is 0 Å². The fourth-order valence-corrected chi connectivity index (χ4v) is 9.75. The average Bonchev–Trinajstić information content (AvgIpc) is 4.00. The van der Waals surface area contributed by atoms with E-state index in [0.717, 1.165) is 35.9 Å². The van der Waals surface area contributed by atoms with Crippen molar-refractivity contribution in [2.45, 2.75) is 134 Å². The molecule has 10 amide bonds. The Bertz CT molecular complexity index is 2050. The van der Waals surface area contributed by atoms with Crippen LogP contribution in [0, 0.1) is 17.8 Å². The lowest BCUT2D eigenvalue weighted by atomic mass is 9.92. The van der Waals surface area contributed by atoms with Crippen LogP contribution in [0.15, 0.2) is 30.5 Å². The van der Waals surface area contributed by atoms with Gasteiger partial charge in [0.1, 0.15) is 18.1 Å². The van der Waals surface area contributed by atoms with Crippen molar-refractivity contribution in [1.29, 1.82) is 0 Å². The lowest BCUT2D eigenvalue weighted by Gasteiger charge is -2.27. The molecule has 21 nitrogen and oxygen atoms in total. The average molecular weight is 956 g/mol. The Hall–Kier alpha value is -5.90. The van der Waals surface area contributed by atoms with Gasteiger partial charge in [0.25, 0.3) is 0 Å². The van der Waals surface area contributed by atoms with Gasteiger partial charge in [0.2, 0.25) is 47.3 Å². The number of hydroxylamine groups is 1. The summed E-state index contributed by atoms with van der Waals surface area (Å²) < 4.78 is 0. The Kier molecular flexibility index (Phi) is 21.7. The molecule has 0 radical (unpaired) electrons. The summed E-state index contributed by atoms with van der Waals surface area (Å²) in [6, 6.07) is 4.26. The van der Waals surface area contributed by atoms with Gasteiger partial charge in [0, 0.05) is 59.8 Å². The van der Waals surface area contributed by atoms with E-state index >= 15 is 0 Å². The Morgan fingerprint density at radius 3 is 2.28 bits per heavy atom. The lowest BCUT2D eigenvalue weighted by Crippen LogP contribution is -2.57. The van der Waals surface area contributed by atoms with Crippen molar-refractivity contribution < 1.29 is 48.4 Å². The number of hydrogen-bond donors (Lipinski definition) is 12. The summed E-state index contributed by atoms with van der Waals surface area (Å²) in [7, 11) is 0. The molecule has 13 N–H and O–H groups in total. The number of aromatic amines is 1. The van der Waals surface area contributed by atoms with Crippen LogP contribution in [0.3, 0.4) is 0 Å². The highest BCUT2D eigenvalue weighted by atomic mass is 32.2. The van der Waals surface area contributed by atoms with E-state index in [-0.39, 0.29) is 49.2 Å². The van der Waals surface area contributed by atoms with Crippen molar-refractivity contribution in [1.82, 2.24) is 53.0 Å². The third kappa shape index (κ3) is 17.4. The SMILES string of the molecule is CC[C@H](C)[C@H](NC(=O)[C@H](Cc1c[nH]c2ccccc12)NC(=O)C(CC(=O)NO)CC(C)C)C(=O)NCC(=O)NCC(=O)N[C@@H](CCCCNC(=O)CCCC[C@@H]1SC[C@@H]2NC(=O)N[C@@H]21)C(N)=O. The summed E-state index contributed by atoms with van der Waals surface area (Å²) >= 11 is 1.84. The number of para-hydroxylation sites is 1. The van der Waals surface area contributed by atoms with Gasteiger partial charge in [-0.05, 0) is 62.0 Å². The second-order valence-electron chi connectivity index (χ2n) is 17.8. The molecule has 2 aliphatic heterocycles. The number of fused-ring (bicyclic) bond motifs is 2. The molecule has 3 heterocycles. The largest absolute Gasteiger partial charge is 0.368 e. The number of carbonyl (C=O) groups is 9. The van der Waals surface area contributed by atoms with Crippen LogP contribution >= 0.6 is 11.8 Å². The number of H-pyrrole nitrogens is 1. The lowest BCUT2D eigenvalue weighted by molar-refractivity contribution is -0.137. The number of unbranched alkanes of at least 4 members (excludes halogenated alkanes) is 2. The maximum atomic E-state index is 14.1. The van der Waals surface area contributed by atoms with Crippen LogP contribution in [0.5, 0.6) is 0 Å². The van der Waals surface area contributed by atoms with Gasteiger partial charge in [-0.3, -0.25) is 43.6 Å². The van der Waals surface area contributed by atoms with Gasteiger partial charge in [-0.25, -0.2) is 10.3 Å². The van der Waals surface area contributed by atoms with Crippen molar-refractivity contribution in [2.75, 3.05) is 25.4 Å². The molecular weight excluding hydrogens is 887 g/mol. The van der Waals surface area contributed by atoms with Crippen molar-refractivity contribution in [2.24, 2.45) is 23.5 Å². The predicted molar refractivity (Wildman–Crippen MR) is 251 cm³/mol. The molecule has 1 aromatic heterocycles. The Labute approximate surface area is 394 Å². The van der Waals surface area contributed by atoms with E-state index in [4.69, 9.17) is 10.9 Å². The van der Waals surface area contributed by atoms with Crippen LogP contribution < -0.4 is 53.7 Å². The summed E-state index contributed by atoms with van der Waals surface area (Å²) in [5, 5.41) is 32.0. The van der Waals surface area contributed by atoms with Gasteiger partial charge >= 0.3 is 6.03 Å². The molecule has 2 aromatic rings. The van der Waals surface area contributed by atoms with Crippen LogP contribution in [0.25, 0.3) is 10.9 Å². The van der Waals surface area contributed by atoms with Gasteiger partial charge in [-0.15, -0.1) is 0 Å². The molecular formula is C45H69N11O10S. The maximum Gasteiger partial charge on any atom is 0.315 e. The standard InChI is InChI=1S/C45H69N11O10S/c1-5-26(4)39(54-43(63)32(19-28-21-48-30-13-7-6-12-29(28)30)52-42(62)27(18-25(2)3)20-36(58)56-66)44(64)50-22-37(59)49-23-38(60)51-31(41(46)61)14-10-11-17-47-35(57)16-9-8-15-34-40-33(24-67-34)53-45(65)55-40/h6-7,12-13,21,25-27,31-34,39-40,48,66H,5,8-11,14-20,22-24H2,1-4H3,(H2,46,61)(H,47,57)(H,49,59)(H,50,64)(H,51,60)(H,52,62)(H,54,63)(H,56,58)(H2,53,55,65)/t26-,27?,31-,32-,33-,34-,39-,40-/m0/s1. The first kappa shape index (κ1) is 53.7. The fraction of sp³-hybridized carbons (Fsp3) is 0.622. The second kappa shape index (κ2) is 27.0. The summed E-state index contributed by atoms with van der Waals surface area (Å²) in [4.78, 5) is 118. The van der Waals surface area contributed by atoms with E-state index in [1.807, 2.05) is 56.8 Å². The van der Waals surface area contributed by atoms with Crippen LogP contribution in [-0.2, 0) is 44.8 Å². The number of amides is 10.